The van der Waals surface area contributed by atoms with E-state index in [9.17, 15) is 0 Å². The zero-order valence-corrected chi connectivity index (χ0v) is 10.4. The Kier molecular flexibility index (Phi) is 4.17. The Labute approximate surface area is 105 Å². The molecule has 0 heterocycles. The van der Waals surface area contributed by atoms with Crippen molar-refractivity contribution in [2.75, 3.05) is 0 Å². The molecule has 0 spiro atoms. The topological polar surface area (TPSA) is 47.6 Å². The lowest BCUT2D eigenvalue weighted by Crippen LogP contribution is -1.80. The van der Waals surface area contributed by atoms with Crippen molar-refractivity contribution in [2.24, 2.45) is 0 Å². The van der Waals surface area contributed by atoms with Gasteiger partial charge in [0.15, 0.2) is 0 Å². The Morgan fingerprint density at radius 3 is 2.40 bits per heavy atom. The summed E-state index contributed by atoms with van der Waals surface area (Å²) in [5, 5.41) is 18.1. The Balaban J connectivity index is 3.35. The van der Waals surface area contributed by atoms with Gasteiger partial charge in [0.25, 0.3) is 0 Å². The number of nitrogens with zero attached hydrogens (tertiary/aromatic N) is 2. The third kappa shape index (κ3) is 2.97. The van der Waals surface area contributed by atoms with E-state index in [0.29, 0.717) is 20.1 Å². The summed E-state index contributed by atoms with van der Waals surface area (Å²) in [5.41, 5.74) is 0.514. The van der Waals surface area contributed by atoms with Crippen LogP contribution in [0.5, 0.6) is 0 Å². The van der Waals surface area contributed by atoms with E-state index in [-0.39, 0.29) is 5.57 Å². The highest BCUT2D eigenvalue weighted by molar-refractivity contribution is 9.10. The molecule has 0 fully saturated rings. The van der Waals surface area contributed by atoms with Crippen LogP contribution in [-0.2, 0) is 0 Å². The fourth-order valence-corrected chi connectivity index (χ4v) is 1.92. The molecule has 1 rings (SSSR count). The fourth-order valence-electron chi connectivity index (χ4n) is 0.926. The van der Waals surface area contributed by atoms with Gasteiger partial charge >= 0.3 is 0 Å². The third-order valence-corrected chi connectivity index (χ3v) is 3.06. The van der Waals surface area contributed by atoms with Crippen molar-refractivity contribution in [1.82, 2.24) is 0 Å². The summed E-state index contributed by atoms with van der Waals surface area (Å²) < 4.78 is 0.623. The molecule has 0 bridgehead atoms. The smallest absolute Gasteiger partial charge is 0.130 e. The van der Waals surface area contributed by atoms with Gasteiger partial charge in [0.1, 0.15) is 17.7 Å². The summed E-state index contributed by atoms with van der Waals surface area (Å²) >= 11 is 15.0. The average molecular weight is 302 g/mol. The molecule has 0 unspecified atom stereocenters. The zero-order chi connectivity index (χ0) is 11.4. The lowest BCUT2D eigenvalue weighted by molar-refractivity contribution is 1.47. The minimum Gasteiger partial charge on any atom is -0.192 e. The Bertz CT molecular complexity index is 493. The van der Waals surface area contributed by atoms with Crippen molar-refractivity contribution in [2.45, 2.75) is 0 Å². The van der Waals surface area contributed by atoms with Crippen LogP contribution in [0.3, 0.4) is 0 Å². The number of benzene rings is 1. The summed E-state index contributed by atoms with van der Waals surface area (Å²) in [6.45, 7) is 0. The van der Waals surface area contributed by atoms with Gasteiger partial charge in [-0.3, -0.25) is 0 Å². The van der Waals surface area contributed by atoms with E-state index in [1.807, 2.05) is 0 Å². The Hall–Kier alpha value is -1.000. The van der Waals surface area contributed by atoms with E-state index < -0.39 is 0 Å². The lowest BCUT2D eigenvalue weighted by Gasteiger charge is -2.02. The van der Waals surface area contributed by atoms with Crippen molar-refractivity contribution in [1.29, 1.82) is 10.5 Å². The predicted molar refractivity (Wildman–Crippen MR) is 63.4 cm³/mol. The summed E-state index contributed by atoms with van der Waals surface area (Å²) in [6, 6.07) is 6.72. The molecule has 0 atom stereocenters. The summed E-state index contributed by atoms with van der Waals surface area (Å²) in [4.78, 5) is 0. The number of halogens is 3. The Morgan fingerprint density at radius 2 is 1.87 bits per heavy atom. The maximum Gasteiger partial charge on any atom is 0.130 e. The molecule has 0 aliphatic carbocycles. The average Bonchev–Trinajstić information content (AvgIpc) is 2.21. The molecule has 0 amide bonds. The molecule has 2 nitrogen and oxygen atoms in total. The number of nitriles is 2. The van der Waals surface area contributed by atoms with Gasteiger partial charge < -0.3 is 0 Å². The number of allylic oxidation sites excluding steroid dienone is 1. The van der Waals surface area contributed by atoms with Crippen LogP contribution in [0.1, 0.15) is 5.56 Å². The number of hydrogen-bond acceptors (Lipinski definition) is 2. The van der Waals surface area contributed by atoms with Gasteiger partial charge in [0, 0.05) is 9.50 Å². The second kappa shape index (κ2) is 5.19. The van der Waals surface area contributed by atoms with E-state index in [1.54, 1.807) is 24.3 Å². The predicted octanol–water partition coefficient (Wildman–Crippen LogP) is 4.19. The van der Waals surface area contributed by atoms with Gasteiger partial charge in [0.05, 0.1) is 5.02 Å². The maximum atomic E-state index is 8.59. The monoisotopic (exact) mass is 300 g/mol. The minimum atomic E-state index is -0.0222. The molecule has 74 valence electrons. The first-order valence-corrected chi connectivity index (χ1v) is 5.30. The van der Waals surface area contributed by atoms with Crippen LogP contribution in [0, 0.1) is 22.7 Å². The van der Waals surface area contributed by atoms with Gasteiger partial charge in [-0.1, -0.05) is 23.2 Å². The molecule has 0 aromatic heterocycles. The lowest BCUT2D eigenvalue weighted by atomic mass is 10.1. The van der Waals surface area contributed by atoms with Gasteiger partial charge in [-0.2, -0.15) is 10.5 Å². The van der Waals surface area contributed by atoms with Gasteiger partial charge in [0.2, 0.25) is 0 Å². The Morgan fingerprint density at radius 1 is 1.27 bits per heavy atom. The highest BCUT2D eigenvalue weighted by atomic mass is 79.9. The first-order chi connectivity index (χ1) is 7.08. The largest absolute Gasteiger partial charge is 0.192 e. The molecule has 0 aliphatic rings. The standard InChI is InChI=1S/C10H3BrCl2N2/c11-9-3-8(12)2-7(10(9)13)1-6(4-14)5-15/h1-3H. The van der Waals surface area contributed by atoms with Crippen LogP contribution in [0.25, 0.3) is 6.08 Å². The molecular formula is C10H3BrCl2N2. The normalized spacial score (nSPS) is 8.87. The van der Waals surface area contributed by atoms with Crippen molar-refractivity contribution in [3.8, 4) is 12.1 Å². The molecule has 1 aromatic rings. The van der Waals surface area contributed by atoms with E-state index in [0.717, 1.165) is 0 Å². The molecule has 0 N–H and O–H groups in total. The van der Waals surface area contributed by atoms with Crippen LogP contribution in [0.15, 0.2) is 22.2 Å². The van der Waals surface area contributed by atoms with Crippen molar-refractivity contribution in [3.63, 3.8) is 0 Å². The van der Waals surface area contributed by atoms with Crippen LogP contribution < -0.4 is 0 Å². The second-order valence-corrected chi connectivity index (χ2v) is 4.24. The molecule has 0 radical (unpaired) electrons. The third-order valence-electron chi connectivity index (χ3n) is 1.56. The summed E-state index contributed by atoms with van der Waals surface area (Å²) in [5.74, 6) is 0. The molecule has 0 aliphatic heterocycles. The van der Waals surface area contributed by atoms with Crippen LogP contribution >= 0.6 is 39.1 Å². The van der Waals surface area contributed by atoms with E-state index >= 15 is 0 Å². The number of hydrogen-bond donors (Lipinski definition) is 0. The SMILES string of the molecule is N#CC(C#N)=Cc1cc(Cl)cc(Br)c1Cl. The first-order valence-electron chi connectivity index (χ1n) is 3.75. The molecule has 1 aromatic carbocycles. The zero-order valence-electron chi connectivity index (χ0n) is 7.26. The second-order valence-electron chi connectivity index (χ2n) is 2.57. The first kappa shape index (κ1) is 12.1. The maximum absolute atomic E-state index is 8.59. The van der Waals surface area contributed by atoms with Gasteiger partial charge in [-0.25, -0.2) is 0 Å². The van der Waals surface area contributed by atoms with Crippen LogP contribution in [0.4, 0.5) is 0 Å². The van der Waals surface area contributed by atoms with Crippen molar-refractivity contribution < 1.29 is 0 Å². The van der Waals surface area contributed by atoms with Gasteiger partial charge in [-0.15, -0.1) is 0 Å². The molecular weight excluding hydrogens is 299 g/mol. The molecule has 15 heavy (non-hydrogen) atoms. The molecule has 0 saturated heterocycles. The highest BCUT2D eigenvalue weighted by Gasteiger charge is 2.05. The van der Waals surface area contributed by atoms with E-state index in [1.165, 1.54) is 6.08 Å². The van der Waals surface area contributed by atoms with Crippen LogP contribution in [0.2, 0.25) is 10.0 Å². The van der Waals surface area contributed by atoms with Gasteiger partial charge in [-0.05, 0) is 39.7 Å². The molecule has 5 heteroatoms. The summed E-state index contributed by atoms with van der Waals surface area (Å²) in [6.07, 6.45) is 1.39. The van der Waals surface area contributed by atoms with E-state index in [2.05, 4.69) is 15.9 Å². The van der Waals surface area contributed by atoms with Crippen molar-refractivity contribution in [3.05, 3.63) is 37.8 Å². The fraction of sp³-hybridized carbons (Fsp3) is 0. The van der Waals surface area contributed by atoms with Crippen LogP contribution in [-0.4, -0.2) is 0 Å². The van der Waals surface area contributed by atoms with Crippen molar-refractivity contribution >= 4 is 45.2 Å². The molecule has 0 saturated carbocycles. The minimum absolute atomic E-state index is 0.0222. The quantitative estimate of drug-likeness (QED) is 0.577. The highest BCUT2D eigenvalue weighted by Crippen LogP contribution is 2.31. The van der Waals surface area contributed by atoms with E-state index in [4.69, 9.17) is 33.7 Å². The summed E-state index contributed by atoms with van der Waals surface area (Å²) in [7, 11) is 0. The number of rotatable bonds is 1.